The van der Waals surface area contributed by atoms with Crippen LogP contribution >= 0.6 is 0 Å². The maximum Gasteiger partial charge on any atom is 0.247 e. The molecular weight excluding hydrogens is 469 g/mol. The van der Waals surface area contributed by atoms with Gasteiger partial charge >= 0.3 is 0 Å². The molecule has 1 atom stereocenters. The van der Waals surface area contributed by atoms with E-state index in [4.69, 9.17) is 0 Å². The minimum Gasteiger partial charge on any atom is -0.351 e. The van der Waals surface area contributed by atoms with Gasteiger partial charge in [0, 0.05) is 12.6 Å². The highest BCUT2D eigenvalue weighted by Gasteiger charge is 2.33. The van der Waals surface area contributed by atoms with Crippen LogP contribution in [0.4, 0.5) is 4.39 Å². The van der Waals surface area contributed by atoms with E-state index in [9.17, 15) is 14.0 Å². The van der Waals surface area contributed by atoms with Gasteiger partial charge in [0.1, 0.15) is 23.9 Å². The van der Waals surface area contributed by atoms with E-state index < -0.39 is 11.9 Å². The third-order valence-corrected chi connectivity index (χ3v) is 6.92. The molecule has 1 aromatic heterocycles. The molecular formula is C29H30FN5O2. The average molecular weight is 500 g/mol. The number of hydrogen-bond donors (Lipinski definition) is 1. The summed E-state index contributed by atoms with van der Waals surface area (Å²) in [7, 11) is 0. The van der Waals surface area contributed by atoms with Crippen molar-refractivity contribution in [3.63, 3.8) is 0 Å². The number of halogens is 1. The van der Waals surface area contributed by atoms with Gasteiger partial charge in [-0.1, -0.05) is 79.1 Å². The number of para-hydroxylation sites is 1. The molecule has 1 aliphatic rings. The number of amides is 2. The van der Waals surface area contributed by atoms with Gasteiger partial charge < -0.3 is 10.2 Å². The highest BCUT2D eigenvalue weighted by atomic mass is 19.1. The quantitative estimate of drug-likeness (QED) is 0.378. The molecule has 190 valence electrons. The normalized spacial score (nSPS) is 14.8. The summed E-state index contributed by atoms with van der Waals surface area (Å²) < 4.78 is 15.4. The standard InChI is InChI=1S/C29H30FN5O2/c30-23-17-15-22(16-18-23)28(29(37)31-24-11-5-2-6-12-24)34(19-21-9-3-1-4-10-21)27(36)20-35-26-14-8-7-13-25(26)32-33-35/h1,3-4,7-10,13-18,24,28H,2,5-6,11-12,19-20H2,(H,31,37)/t28-/m1/s1. The van der Waals surface area contributed by atoms with E-state index in [2.05, 4.69) is 15.6 Å². The number of fused-ring (bicyclic) bond motifs is 1. The van der Waals surface area contributed by atoms with E-state index >= 15 is 0 Å². The van der Waals surface area contributed by atoms with Crippen LogP contribution in [0.5, 0.6) is 0 Å². The topological polar surface area (TPSA) is 80.1 Å². The lowest BCUT2D eigenvalue weighted by atomic mass is 9.94. The first-order valence-electron chi connectivity index (χ1n) is 12.8. The van der Waals surface area contributed by atoms with Gasteiger partial charge in [-0.15, -0.1) is 5.10 Å². The Morgan fingerprint density at radius 2 is 1.65 bits per heavy atom. The number of carbonyl (C=O) groups excluding carboxylic acids is 2. The highest BCUT2D eigenvalue weighted by Crippen LogP contribution is 2.27. The maximum absolute atomic E-state index is 13.9. The van der Waals surface area contributed by atoms with E-state index in [1.165, 1.54) is 12.1 Å². The first-order valence-corrected chi connectivity index (χ1v) is 12.8. The summed E-state index contributed by atoms with van der Waals surface area (Å²) in [5, 5.41) is 11.5. The fourth-order valence-electron chi connectivity index (χ4n) is 5.00. The molecule has 1 aliphatic carbocycles. The number of rotatable bonds is 8. The van der Waals surface area contributed by atoms with Crippen LogP contribution in [0.2, 0.25) is 0 Å². The molecule has 3 aromatic carbocycles. The second-order valence-corrected chi connectivity index (χ2v) is 9.54. The van der Waals surface area contributed by atoms with E-state index in [0.29, 0.717) is 11.1 Å². The fourth-order valence-corrected chi connectivity index (χ4v) is 5.00. The second-order valence-electron chi connectivity index (χ2n) is 9.54. The van der Waals surface area contributed by atoms with E-state index in [1.807, 2.05) is 54.6 Å². The second kappa shape index (κ2) is 11.3. The van der Waals surface area contributed by atoms with Crippen molar-refractivity contribution in [2.24, 2.45) is 0 Å². The Hall–Kier alpha value is -4.07. The summed E-state index contributed by atoms with van der Waals surface area (Å²) >= 11 is 0. The summed E-state index contributed by atoms with van der Waals surface area (Å²) in [6.45, 7) is 0.133. The first kappa shape index (κ1) is 24.6. The van der Waals surface area contributed by atoms with Crippen molar-refractivity contribution < 1.29 is 14.0 Å². The van der Waals surface area contributed by atoms with Crippen LogP contribution in [-0.2, 0) is 22.7 Å². The van der Waals surface area contributed by atoms with Crippen LogP contribution in [0.3, 0.4) is 0 Å². The van der Waals surface area contributed by atoms with E-state index in [1.54, 1.807) is 21.7 Å². The van der Waals surface area contributed by atoms with Gasteiger partial charge in [-0.2, -0.15) is 0 Å². The zero-order valence-corrected chi connectivity index (χ0v) is 20.6. The van der Waals surface area contributed by atoms with Crippen LogP contribution in [0.25, 0.3) is 11.0 Å². The molecule has 0 unspecified atom stereocenters. The molecule has 7 nitrogen and oxygen atoms in total. The van der Waals surface area contributed by atoms with Crippen molar-refractivity contribution in [3.05, 3.63) is 95.8 Å². The summed E-state index contributed by atoms with van der Waals surface area (Å²) in [6, 6.07) is 21.9. The van der Waals surface area contributed by atoms with Crippen molar-refractivity contribution in [2.75, 3.05) is 0 Å². The van der Waals surface area contributed by atoms with Gasteiger partial charge in [-0.3, -0.25) is 9.59 Å². The number of nitrogens with one attached hydrogen (secondary N) is 1. The summed E-state index contributed by atoms with van der Waals surface area (Å²) in [5.41, 5.74) is 2.87. The fraction of sp³-hybridized carbons (Fsp3) is 0.310. The van der Waals surface area contributed by atoms with Crippen molar-refractivity contribution in [2.45, 2.75) is 57.3 Å². The molecule has 8 heteroatoms. The van der Waals surface area contributed by atoms with E-state index in [-0.39, 0.29) is 30.9 Å². The minimum absolute atomic E-state index is 0.0668. The lowest BCUT2D eigenvalue weighted by Crippen LogP contribution is -2.47. The summed E-state index contributed by atoms with van der Waals surface area (Å²) in [4.78, 5) is 29.3. The van der Waals surface area contributed by atoms with Crippen LogP contribution in [0.15, 0.2) is 78.9 Å². The smallest absolute Gasteiger partial charge is 0.247 e. The molecule has 0 radical (unpaired) electrons. The number of carbonyl (C=O) groups is 2. The average Bonchev–Trinajstić information content (AvgIpc) is 3.33. The summed E-state index contributed by atoms with van der Waals surface area (Å²) in [5.74, 6) is -0.941. The third-order valence-electron chi connectivity index (χ3n) is 6.92. The number of hydrogen-bond acceptors (Lipinski definition) is 4. The SMILES string of the molecule is O=C(NC1CCCCC1)[C@@H](c1ccc(F)cc1)N(Cc1ccccc1)C(=O)Cn1nnc2ccccc21. The molecule has 1 N–H and O–H groups in total. The van der Waals surface area contributed by atoms with Gasteiger partial charge in [-0.05, 0) is 48.2 Å². The Morgan fingerprint density at radius 1 is 0.946 bits per heavy atom. The van der Waals surface area contributed by atoms with Crippen LogP contribution in [-0.4, -0.2) is 37.7 Å². The zero-order chi connectivity index (χ0) is 25.6. The molecule has 1 heterocycles. The molecule has 5 rings (SSSR count). The van der Waals surface area contributed by atoms with Gasteiger partial charge in [0.25, 0.3) is 0 Å². The Bertz CT molecular complexity index is 1350. The minimum atomic E-state index is -0.926. The maximum atomic E-state index is 13.9. The van der Waals surface area contributed by atoms with E-state index in [0.717, 1.165) is 43.2 Å². The molecule has 1 saturated carbocycles. The molecule has 1 fully saturated rings. The first-order chi connectivity index (χ1) is 18.1. The van der Waals surface area contributed by atoms with Crippen LogP contribution < -0.4 is 5.32 Å². The number of aromatic nitrogens is 3. The number of nitrogens with zero attached hydrogens (tertiary/aromatic N) is 4. The van der Waals surface area contributed by atoms with Gasteiger partial charge in [0.15, 0.2) is 0 Å². The predicted molar refractivity (Wildman–Crippen MR) is 139 cm³/mol. The predicted octanol–water partition coefficient (Wildman–Crippen LogP) is 4.79. The van der Waals surface area contributed by atoms with Crippen molar-refractivity contribution in [3.8, 4) is 0 Å². The number of benzene rings is 3. The van der Waals surface area contributed by atoms with Crippen LogP contribution in [0.1, 0.15) is 49.3 Å². The Balaban J connectivity index is 1.50. The van der Waals surface area contributed by atoms with Crippen LogP contribution in [0, 0.1) is 5.82 Å². The largest absolute Gasteiger partial charge is 0.351 e. The Morgan fingerprint density at radius 3 is 2.41 bits per heavy atom. The van der Waals surface area contributed by atoms with Crippen molar-refractivity contribution in [1.82, 2.24) is 25.2 Å². The molecule has 0 bridgehead atoms. The highest BCUT2D eigenvalue weighted by molar-refractivity contribution is 5.89. The molecule has 0 aliphatic heterocycles. The third kappa shape index (κ3) is 5.85. The van der Waals surface area contributed by atoms with Gasteiger partial charge in [-0.25, -0.2) is 9.07 Å². The van der Waals surface area contributed by atoms with Crippen molar-refractivity contribution >= 4 is 22.8 Å². The monoisotopic (exact) mass is 499 g/mol. The van der Waals surface area contributed by atoms with Crippen molar-refractivity contribution in [1.29, 1.82) is 0 Å². The molecule has 4 aromatic rings. The lowest BCUT2D eigenvalue weighted by molar-refractivity contribution is -0.142. The lowest BCUT2D eigenvalue weighted by Gasteiger charge is -2.33. The Labute approximate surface area is 215 Å². The van der Waals surface area contributed by atoms with Gasteiger partial charge in [0.2, 0.25) is 11.8 Å². The molecule has 0 saturated heterocycles. The molecule has 2 amide bonds. The molecule has 37 heavy (non-hydrogen) atoms. The molecule has 0 spiro atoms. The Kier molecular flexibility index (Phi) is 7.54. The summed E-state index contributed by atoms with van der Waals surface area (Å²) in [6.07, 6.45) is 5.13. The zero-order valence-electron chi connectivity index (χ0n) is 20.6. The van der Waals surface area contributed by atoms with Gasteiger partial charge in [0.05, 0.1) is 5.52 Å².